The summed E-state index contributed by atoms with van der Waals surface area (Å²) in [6.07, 6.45) is 1.68. The van der Waals surface area contributed by atoms with Gasteiger partial charge < -0.3 is 10.3 Å². The summed E-state index contributed by atoms with van der Waals surface area (Å²) in [5.74, 6) is 1.19. The molecule has 0 saturated heterocycles. The molecule has 2 aromatic rings. The molecule has 0 saturated carbocycles. The van der Waals surface area contributed by atoms with E-state index in [0.717, 1.165) is 11.3 Å². The van der Waals surface area contributed by atoms with Gasteiger partial charge in [0, 0.05) is 12.3 Å². The fraction of sp³-hybridized carbons (Fsp3) is 0.182. The first-order valence-corrected chi connectivity index (χ1v) is 4.63. The van der Waals surface area contributed by atoms with Gasteiger partial charge in [-0.2, -0.15) is 5.26 Å². The van der Waals surface area contributed by atoms with E-state index in [9.17, 15) is 0 Å². The van der Waals surface area contributed by atoms with Crippen molar-refractivity contribution in [2.75, 3.05) is 5.73 Å². The third kappa shape index (κ3) is 3.80. The Morgan fingerprint density at radius 3 is 2.44 bits per heavy atom. The van der Waals surface area contributed by atoms with Crippen molar-refractivity contribution in [3.63, 3.8) is 0 Å². The normalized spacial score (nSPS) is 8.81. The number of anilines is 1. The first-order chi connectivity index (χ1) is 7.61. The molecule has 0 unspecified atom stereocenters. The van der Waals surface area contributed by atoms with Crippen LogP contribution in [0.3, 0.4) is 0 Å². The van der Waals surface area contributed by atoms with Crippen molar-refractivity contribution in [3.8, 4) is 6.07 Å². The summed E-state index contributed by atoms with van der Waals surface area (Å²) in [5, 5.41) is 11.7. The molecule has 0 radical (unpaired) electrons. The van der Waals surface area contributed by atoms with Crippen molar-refractivity contribution in [2.24, 2.45) is 0 Å². The first-order valence-electron chi connectivity index (χ1n) is 4.63. The van der Waals surface area contributed by atoms with Gasteiger partial charge in [-0.25, -0.2) is 4.98 Å². The van der Waals surface area contributed by atoms with Crippen LogP contribution in [0.1, 0.15) is 17.0 Å². The standard InChI is InChI=1S/C7H6N2.C4H6N2O/c1-6-2-3-7(4-8)9-5-6;1-3-2-4(5)6-7-3/h2-3,5H,1H3;2H,1H3,(H2,5,6). The summed E-state index contributed by atoms with van der Waals surface area (Å²) < 4.78 is 4.59. The van der Waals surface area contributed by atoms with Crippen LogP contribution in [-0.4, -0.2) is 10.1 Å². The Kier molecular flexibility index (Phi) is 4.04. The number of pyridine rings is 1. The van der Waals surface area contributed by atoms with Gasteiger partial charge in [0.25, 0.3) is 0 Å². The first kappa shape index (κ1) is 11.7. The van der Waals surface area contributed by atoms with E-state index in [-0.39, 0.29) is 0 Å². The third-order valence-electron chi connectivity index (χ3n) is 1.67. The molecule has 0 spiro atoms. The molecular formula is C11H12N4O. The van der Waals surface area contributed by atoms with Crippen molar-refractivity contribution >= 4 is 5.82 Å². The van der Waals surface area contributed by atoms with Gasteiger partial charge in [-0.15, -0.1) is 0 Å². The highest BCUT2D eigenvalue weighted by Gasteiger charge is 1.89. The number of nitrogen functional groups attached to an aromatic ring is 1. The van der Waals surface area contributed by atoms with Gasteiger partial charge in [-0.3, -0.25) is 0 Å². The molecule has 5 heteroatoms. The van der Waals surface area contributed by atoms with Gasteiger partial charge in [0.15, 0.2) is 5.82 Å². The summed E-state index contributed by atoms with van der Waals surface area (Å²) in [6, 6.07) is 7.18. The lowest BCUT2D eigenvalue weighted by Gasteiger charge is -1.87. The summed E-state index contributed by atoms with van der Waals surface area (Å²) >= 11 is 0. The van der Waals surface area contributed by atoms with E-state index in [1.165, 1.54) is 0 Å². The Bertz CT molecular complexity index is 465. The van der Waals surface area contributed by atoms with Crippen molar-refractivity contribution in [1.29, 1.82) is 5.26 Å². The number of aryl methyl sites for hydroxylation is 2. The zero-order chi connectivity index (χ0) is 12.0. The maximum Gasteiger partial charge on any atom is 0.167 e. The Morgan fingerprint density at radius 1 is 1.38 bits per heavy atom. The topological polar surface area (TPSA) is 88.7 Å². The number of hydrogen-bond acceptors (Lipinski definition) is 5. The molecule has 2 heterocycles. The maximum absolute atomic E-state index is 8.32. The average molecular weight is 216 g/mol. The van der Waals surface area contributed by atoms with E-state index in [1.807, 2.05) is 19.1 Å². The average Bonchev–Trinajstić information content (AvgIpc) is 2.65. The zero-order valence-electron chi connectivity index (χ0n) is 9.14. The second-order valence-corrected chi connectivity index (χ2v) is 3.20. The molecule has 0 atom stereocenters. The lowest BCUT2D eigenvalue weighted by atomic mass is 10.3. The van der Waals surface area contributed by atoms with Gasteiger partial charge in [0.2, 0.25) is 0 Å². The molecule has 2 rings (SSSR count). The molecule has 5 nitrogen and oxygen atoms in total. The predicted octanol–water partition coefficient (Wildman–Crippen LogP) is 1.83. The third-order valence-corrected chi connectivity index (χ3v) is 1.67. The Labute approximate surface area is 93.5 Å². The van der Waals surface area contributed by atoms with Crippen LogP contribution in [0.5, 0.6) is 0 Å². The van der Waals surface area contributed by atoms with Crippen molar-refractivity contribution in [2.45, 2.75) is 13.8 Å². The molecule has 0 aliphatic carbocycles. The van der Waals surface area contributed by atoms with Crippen molar-refractivity contribution < 1.29 is 4.52 Å². The summed E-state index contributed by atoms with van der Waals surface area (Å²) in [5.41, 5.74) is 6.72. The van der Waals surface area contributed by atoms with Gasteiger partial charge in [0.1, 0.15) is 17.5 Å². The number of nitrogens with two attached hydrogens (primary N) is 1. The zero-order valence-corrected chi connectivity index (χ0v) is 9.14. The Balaban J connectivity index is 0.000000165. The minimum absolute atomic E-state index is 0.442. The highest BCUT2D eigenvalue weighted by molar-refractivity contribution is 5.25. The minimum Gasteiger partial charge on any atom is -0.381 e. The van der Waals surface area contributed by atoms with Crippen LogP contribution < -0.4 is 5.73 Å². The van der Waals surface area contributed by atoms with E-state index in [4.69, 9.17) is 11.0 Å². The van der Waals surface area contributed by atoms with Crippen LogP contribution in [-0.2, 0) is 0 Å². The molecule has 82 valence electrons. The summed E-state index contributed by atoms with van der Waals surface area (Å²) in [6.45, 7) is 3.73. The largest absolute Gasteiger partial charge is 0.381 e. The summed E-state index contributed by atoms with van der Waals surface area (Å²) in [7, 11) is 0. The SMILES string of the molecule is Cc1cc(N)no1.Cc1ccc(C#N)nc1. The van der Waals surface area contributed by atoms with Gasteiger partial charge >= 0.3 is 0 Å². The van der Waals surface area contributed by atoms with Crippen LogP contribution in [0.25, 0.3) is 0 Å². The number of aromatic nitrogens is 2. The fourth-order valence-corrected chi connectivity index (χ4v) is 0.920. The molecule has 0 aliphatic rings. The van der Waals surface area contributed by atoms with E-state index in [2.05, 4.69) is 14.7 Å². The molecule has 2 N–H and O–H groups in total. The lowest BCUT2D eigenvalue weighted by Crippen LogP contribution is -1.80. The number of nitrogens with zero attached hydrogens (tertiary/aromatic N) is 3. The molecule has 0 aliphatic heterocycles. The smallest absolute Gasteiger partial charge is 0.167 e. The lowest BCUT2D eigenvalue weighted by molar-refractivity contribution is 0.400. The highest BCUT2D eigenvalue weighted by Crippen LogP contribution is 2.00. The summed E-state index contributed by atoms with van der Waals surface area (Å²) in [4.78, 5) is 3.84. The molecule has 0 bridgehead atoms. The molecule has 0 aromatic carbocycles. The Hall–Kier alpha value is -2.35. The van der Waals surface area contributed by atoms with E-state index >= 15 is 0 Å². The maximum atomic E-state index is 8.32. The van der Waals surface area contributed by atoms with Gasteiger partial charge in [-0.05, 0) is 25.5 Å². The molecule has 0 fully saturated rings. The number of nitriles is 1. The van der Waals surface area contributed by atoms with Crippen LogP contribution in [0.2, 0.25) is 0 Å². The molecule has 0 amide bonds. The monoisotopic (exact) mass is 216 g/mol. The van der Waals surface area contributed by atoms with Crippen LogP contribution in [0.4, 0.5) is 5.82 Å². The predicted molar refractivity (Wildman–Crippen MR) is 59.3 cm³/mol. The van der Waals surface area contributed by atoms with Crippen molar-refractivity contribution in [1.82, 2.24) is 10.1 Å². The van der Waals surface area contributed by atoms with E-state index in [1.54, 1.807) is 25.3 Å². The Morgan fingerprint density at radius 2 is 2.12 bits per heavy atom. The van der Waals surface area contributed by atoms with Gasteiger partial charge in [-0.1, -0.05) is 11.2 Å². The van der Waals surface area contributed by atoms with E-state index < -0.39 is 0 Å². The van der Waals surface area contributed by atoms with E-state index in [0.29, 0.717) is 11.5 Å². The van der Waals surface area contributed by atoms with Crippen LogP contribution >= 0.6 is 0 Å². The van der Waals surface area contributed by atoms with Crippen LogP contribution in [0, 0.1) is 25.2 Å². The van der Waals surface area contributed by atoms with Crippen molar-refractivity contribution in [3.05, 3.63) is 41.4 Å². The second kappa shape index (κ2) is 5.51. The molecular weight excluding hydrogens is 204 g/mol. The number of hydrogen-bond donors (Lipinski definition) is 1. The number of rotatable bonds is 0. The molecule has 2 aromatic heterocycles. The second-order valence-electron chi connectivity index (χ2n) is 3.20. The quantitative estimate of drug-likeness (QED) is 0.725. The highest BCUT2D eigenvalue weighted by atomic mass is 16.5. The molecule has 16 heavy (non-hydrogen) atoms. The van der Waals surface area contributed by atoms with Crippen LogP contribution in [0.15, 0.2) is 28.9 Å². The minimum atomic E-state index is 0.442. The van der Waals surface area contributed by atoms with Gasteiger partial charge in [0.05, 0.1) is 0 Å². The fourth-order valence-electron chi connectivity index (χ4n) is 0.920.